The second kappa shape index (κ2) is 6.22. The molecule has 1 fully saturated rings. The molecule has 0 radical (unpaired) electrons. The van der Waals surface area contributed by atoms with Crippen molar-refractivity contribution < 1.29 is 28.8 Å². The van der Waals surface area contributed by atoms with E-state index >= 15 is 0 Å². The topological polar surface area (TPSA) is 118 Å². The summed E-state index contributed by atoms with van der Waals surface area (Å²) in [6.07, 6.45) is 1.29. The number of rotatable bonds is 2. The van der Waals surface area contributed by atoms with Crippen LogP contribution in [0.3, 0.4) is 0 Å². The first-order chi connectivity index (χ1) is 9.95. The lowest BCUT2D eigenvalue weighted by Gasteiger charge is -2.23. The standard InChI is InChI=1S/C11H12BN3O6/c1-15-5-9(16)20-12(21-10(17)6-15)7-2-3-13-4-8(7)14-11(18)19/h2-4,14H,5-6H2,1H3,(H,18,19). The smallest absolute Gasteiger partial charge is 0.494 e. The van der Waals surface area contributed by atoms with Crippen LogP contribution in [0.1, 0.15) is 0 Å². The minimum absolute atomic E-state index is 0.0711. The Morgan fingerprint density at radius 2 is 2.00 bits per heavy atom. The molecule has 1 aliphatic heterocycles. The molecular weight excluding hydrogens is 281 g/mol. The lowest BCUT2D eigenvalue weighted by Crippen LogP contribution is -2.48. The summed E-state index contributed by atoms with van der Waals surface area (Å²) in [5, 5.41) is 10.9. The van der Waals surface area contributed by atoms with Gasteiger partial charge in [0.15, 0.2) is 0 Å². The molecule has 0 aliphatic carbocycles. The van der Waals surface area contributed by atoms with E-state index in [9.17, 15) is 14.4 Å². The van der Waals surface area contributed by atoms with Crippen LogP contribution in [0.15, 0.2) is 18.5 Å². The van der Waals surface area contributed by atoms with E-state index in [0.29, 0.717) is 0 Å². The van der Waals surface area contributed by atoms with E-state index in [0.717, 1.165) is 0 Å². The molecule has 1 saturated heterocycles. The maximum absolute atomic E-state index is 11.7. The molecule has 0 atom stereocenters. The molecule has 0 aromatic carbocycles. The summed E-state index contributed by atoms with van der Waals surface area (Å²) in [4.78, 5) is 39.3. The van der Waals surface area contributed by atoms with E-state index in [2.05, 4.69) is 10.3 Å². The number of carbonyl (C=O) groups is 3. The number of carboxylic acid groups (broad SMARTS) is 1. The highest BCUT2D eigenvalue weighted by molar-refractivity contribution is 6.66. The number of aromatic nitrogens is 1. The summed E-state index contributed by atoms with van der Waals surface area (Å²) in [5.41, 5.74) is 0.267. The van der Waals surface area contributed by atoms with Gasteiger partial charge in [0, 0.05) is 11.7 Å². The molecule has 2 N–H and O–H groups in total. The Bertz CT molecular complexity index is 561. The molecule has 9 nitrogen and oxygen atoms in total. The van der Waals surface area contributed by atoms with E-state index in [1.54, 1.807) is 7.05 Å². The minimum Gasteiger partial charge on any atom is -0.494 e. The summed E-state index contributed by atoms with van der Waals surface area (Å²) in [7, 11) is 0.260. The SMILES string of the molecule is CN1CC(=O)OB(c2ccncc2NC(=O)O)OC(=O)C1. The van der Waals surface area contributed by atoms with Crippen LogP contribution < -0.4 is 10.8 Å². The Kier molecular flexibility index (Phi) is 4.38. The molecule has 0 spiro atoms. The van der Waals surface area contributed by atoms with Crippen molar-refractivity contribution in [3.8, 4) is 0 Å². The zero-order valence-corrected chi connectivity index (χ0v) is 11.1. The molecule has 0 saturated carbocycles. The Balaban J connectivity index is 2.28. The van der Waals surface area contributed by atoms with E-state index in [1.807, 2.05) is 0 Å². The van der Waals surface area contributed by atoms with Gasteiger partial charge in [0.2, 0.25) is 0 Å². The van der Waals surface area contributed by atoms with Gasteiger partial charge >= 0.3 is 25.2 Å². The first-order valence-corrected chi connectivity index (χ1v) is 5.97. The Hall–Kier alpha value is -2.62. The number of pyridine rings is 1. The number of hydrogen-bond acceptors (Lipinski definition) is 7. The average Bonchev–Trinajstić information content (AvgIpc) is 2.35. The van der Waals surface area contributed by atoms with Crippen LogP contribution in [-0.2, 0) is 18.9 Å². The third kappa shape index (κ3) is 3.92. The van der Waals surface area contributed by atoms with E-state index in [1.165, 1.54) is 23.4 Å². The number of likely N-dealkylation sites (N-methyl/N-ethyl adjacent to an activating group) is 1. The van der Waals surface area contributed by atoms with Gasteiger partial charge in [-0.3, -0.25) is 24.8 Å². The van der Waals surface area contributed by atoms with Crippen molar-refractivity contribution in [1.29, 1.82) is 0 Å². The molecule has 110 valence electrons. The quantitative estimate of drug-likeness (QED) is 0.659. The van der Waals surface area contributed by atoms with Crippen LogP contribution in [0.5, 0.6) is 0 Å². The fourth-order valence-electron chi connectivity index (χ4n) is 1.79. The van der Waals surface area contributed by atoms with Gasteiger partial charge in [-0.2, -0.15) is 0 Å². The van der Waals surface area contributed by atoms with Gasteiger partial charge in [0.05, 0.1) is 25.0 Å². The van der Waals surface area contributed by atoms with Crippen LogP contribution in [0, 0.1) is 0 Å². The van der Waals surface area contributed by atoms with Gasteiger partial charge in [-0.15, -0.1) is 0 Å². The van der Waals surface area contributed by atoms with E-state index in [-0.39, 0.29) is 24.2 Å². The Morgan fingerprint density at radius 1 is 1.38 bits per heavy atom. The zero-order valence-electron chi connectivity index (χ0n) is 11.1. The van der Waals surface area contributed by atoms with Crippen molar-refractivity contribution in [3.63, 3.8) is 0 Å². The normalized spacial score (nSPS) is 16.5. The Morgan fingerprint density at radius 3 is 2.57 bits per heavy atom. The van der Waals surface area contributed by atoms with Crippen molar-refractivity contribution in [2.75, 3.05) is 25.5 Å². The molecule has 21 heavy (non-hydrogen) atoms. The summed E-state index contributed by atoms with van der Waals surface area (Å²) >= 11 is 0. The highest BCUT2D eigenvalue weighted by atomic mass is 16.6. The molecule has 10 heteroatoms. The van der Waals surface area contributed by atoms with Crippen molar-refractivity contribution in [3.05, 3.63) is 18.5 Å². The molecule has 1 aromatic heterocycles. The van der Waals surface area contributed by atoms with Crippen LogP contribution in [0.4, 0.5) is 10.5 Å². The maximum Gasteiger partial charge on any atom is 0.638 e. The molecule has 0 bridgehead atoms. The van der Waals surface area contributed by atoms with Crippen molar-refractivity contribution in [2.24, 2.45) is 0 Å². The van der Waals surface area contributed by atoms with Crippen LogP contribution in [0.25, 0.3) is 0 Å². The average molecular weight is 293 g/mol. The minimum atomic E-state index is -1.32. The molecule has 0 unspecified atom stereocenters. The number of nitrogens with zero attached hydrogens (tertiary/aromatic N) is 2. The second-order valence-corrected chi connectivity index (χ2v) is 4.38. The molecule has 1 aromatic rings. The first-order valence-electron chi connectivity index (χ1n) is 5.97. The summed E-state index contributed by atoms with van der Waals surface area (Å²) in [6, 6.07) is 1.40. The number of amides is 1. The molecule has 2 heterocycles. The lowest BCUT2D eigenvalue weighted by molar-refractivity contribution is -0.145. The van der Waals surface area contributed by atoms with E-state index < -0.39 is 25.2 Å². The highest BCUT2D eigenvalue weighted by Gasteiger charge is 2.35. The van der Waals surface area contributed by atoms with Gasteiger partial charge in [-0.05, 0) is 13.1 Å². The van der Waals surface area contributed by atoms with Crippen LogP contribution in [0.2, 0.25) is 0 Å². The van der Waals surface area contributed by atoms with Crippen molar-refractivity contribution in [1.82, 2.24) is 9.88 Å². The maximum atomic E-state index is 11.7. The van der Waals surface area contributed by atoms with Gasteiger partial charge in [-0.25, -0.2) is 4.79 Å². The summed E-state index contributed by atoms with van der Waals surface area (Å²) in [5.74, 6) is -1.18. The van der Waals surface area contributed by atoms with Crippen LogP contribution in [-0.4, -0.2) is 60.3 Å². The second-order valence-electron chi connectivity index (χ2n) is 4.38. The monoisotopic (exact) mass is 293 g/mol. The number of anilines is 1. The highest BCUT2D eigenvalue weighted by Crippen LogP contribution is 2.07. The largest absolute Gasteiger partial charge is 0.638 e. The van der Waals surface area contributed by atoms with Crippen molar-refractivity contribution >= 4 is 36.3 Å². The summed E-state index contributed by atoms with van der Waals surface area (Å²) in [6.45, 7) is -0.142. The van der Waals surface area contributed by atoms with Gasteiger partial charge in [0.1, 0.15) is 0 Å². The third-order valence-corrected chi connectivity index (χ3v) is 2.63. The first kappa shape index (κ1) is 14.8. The predicted molar refractivity (Wildman–Crippen MR) is 71.0 cm³/mol. The molecule has 2 rings (SSSR count). The number of carbonyl (C=O) groups excluding carboxylic acids is 2. The Labute approximate surface area is 120 Å². The fraction of sp³-hybridized carbons (Fsp3) is 0.273. The lowest BCUT2D eigenvalue weighted by atomic mass is 9.78. The molecule has 1 aliphatic rings. The fourth-order valence-corrected chi connectivity index (χ4v) is 1.79. The zero-order chi connectivity index (χ0) is 15.4. The number of hydrogen-bond donors (Lipinski definition) is 2. The number of nitrogens with one attached hydrogen (secondary N) is 1. The van der Waals surface area contributed by atoms with Gasteiger partial charge in [-0.1, -0.05) is 0 Å². The van der Waals surface area contributed by atoms with Crippen molar-refractivity contribution in [2.45, 2.75) is 0 Å². The van der Waals surface area contributed by atoms with Gasteiger partial charge in [0.25, 0.3) is 0 Å². The molecule has 1 amide bonds. The molecular formula is C11H12BN3O6. The van der Waals surface area contributed by atoms with Gasteiger partial charge < -0.3 is 14.4 Å². The van der Waals surface area contributed by atoms with Crippen LogP contribution >= 0.6 is 0 Å². The third-order valence-electron chi connectivity index (χ3n) is 2.63. The predicted octanol–water partition coefficient (Wildman–Crippen LogP) is -1.10. The summed E-state index contributed by atoms with van der Waals surface area (Å²) < 4.78 is 10.1. The van der Waals surface area contributed by atoms with E-state index in [4.69, 9.17) is 14.4 Å².